The first-order valence-electron chi connectivity index (χ1n) is 22.4. The van der Waals surface area contributed by atoms with Crippen LogP contribution in [0, 0.1) is 40.4 Å². The van der Waals surface area contributed by atoms with Crippen LogP contribution in [-0.2, 0) is 33.2 Å². The van der Waals surface area contributed by atoms with E-state index in [0.29, 0.717) is 48.5 Å². The lowest BCUT2D eigenvalue weighted by Crippen LogP contribution is -2.66. The molecule has 0 spiro atoms. The minimum absolute atomic E-state index is 0.0300. The van der Waals surface area contributed by atoms with Gasteiger partial charge in [0, 0.05) is 6.61 Å². The highest BCUT2D eigenvalue weighted by Gasteiger charge is 2.63. The Morgan fingerprint density at radius 3 is 2.13 bits per heavy atom. The average molecular weight is 859 g/mol. The van der Waals surface area contributed by atoms with Crippen molar-refractivity contribution >= 4 is 0 Å². The van der Waals surface area contributed by atoms with Gasteiger partial charge in [-0.2, -0.15) is 0 Å². The Morgan fingerprint density at radius 2 is 1.42 bits per heavy atom. The Bertz CT molecular complexity index is 1500. The second-order valence-corrected chi connectivity index (χ2v) is 20.0. The standard InChI is InChI=1S/C43H70O17/c1-18(16-44)5-7-21-14-26-27(55-21)15-25-23-8-6-20-13-22(9-11-42(20,3)24(23)10-12-43(25,26)4)56-41-37(59-39-33(50)30(47)29(46)19(2)54-39)35(52)36(28(17-45)57-41)58-40-34(51)31(48)32(49)38(53)60-40/h6,18-19,21-41,44-53H,5,7-17H2,1-4H3/t18-,19?,21-,22?,23-,24+,25+,26?,27?,28?,29+,30?,31?,32-,33?,34?,35?,36-,37?,38?,39+,40-,41-,42+,43+/m1/s1. The molecule has 4 saturated heterocycles. The van der Waals surface area contributed by atoms with Crippen LogP contribution in [0.2, 0.25) is 0 Å². The minimum atomic E-state index is -1.94. The van der Waals surface area contributed by atoms with Crippen molar-refractivity contribution in [2.75, 3.05) is 13.2 Å². The minimum Gasteiger partial charge on any atom is -0.396 e. The largest absolute Gasteiger partial charge is 0.396 e. The summed E-state index contributed by atoms with van der Waals surface area (Å²) >= 11 is 0. The molecule has 344 valence electrons. The molecule has 0 radical (unpaired) electrons. The van der Waals surface area contributed by atoms with E-state index >= 15 is 0 Å². The number of ether oxygens (including phenoxy) is 7. The Morgan fingerprint density at radius 1 is 0.717 bits per heavy atom. The van der Waals surface area contributed by atoms with Crippen LogP contribution < -0.4 is 0 Å². The molecule has 7 fully saturated rings. The quantitative estimate of drug-likeness (QED) is 0.118. The first kappa shape index (κ1) is 45.6. The van der Waals surface area contributed by atoms with Crippen molar-refractivity contribution < 1.29 is 84.2 Å². The average Bonchev–Trinajstić information content (AvgIpc) is 3.77. The first-order chi connectivity index (χ1) is 28.5. The zero-order valence-electron chi connectivity index (χ0n) is 35.2. The monoisotopic (exact) mass is 858 g/mol. The van der Waals surface area contributed by atoms with Gasteiger partial charge in [0.1, 0.15) is 61.0 Å². The lowest BCUT2D eigenvalue weighted by atomic mass is 9.47. The van der Waals surface area contributed by atoms with Gasteiger partial charge in [0.05, 0.1) is 31.0 Å². The molecule has 0 amide bonds. The highest BCUT2D eigenvalue weighted by molar-refractivity contribution is 5.26. The maximum atomic E-state index is 11.9. The summed E-state index contributed by atoms with van der Waals surface area (Å²) in [6.07, 6.45) is -11.9. The number of hydrogen-bond acceptors (Lipinski definition) is 17. The summed E-state index contributed by atoms with van der Waals surface area (Å²) in [7, 11) is 0. The summed E-state index contributed by atoms with van der Waals surface area (Å²) < 4.78 is 42.5. The van der Waals surface area contributed by atoms with Gasteiger partial charge >= 0.3 is 0 Å². The van der Waals surface area contributed by atoms with Crippen molar-refractivity contribution in [1.29, 1.82) is 0 Å². The van der Waals surface area contributed by atoms with Gasteiger partial charge in [0.2, 0.25) is 0 Å². The molecule has 8 rings (SSSR count). The number of aliphatic hydroxyl groups excluding tert-OH is 10. The molecule has 0 aromatic heterocycles. The molecule has 0 aromatic rings. The van der Waals surface area contributed by atoms with Crippen LogP contribution in [0.5, 0.6) is 0 Å². The number of aliphatic hydroxyl groups is 10. The maximum Gasteiger partial charge on any atom is 0.189 e. The number of rotatable bonds is 11. The first-order valence-corrected chi connectivity index (χ1v) is 22.4. The van der Waals surface area contributed by atoms with Gasteiger partial charge in [0.15, 0.2) is 25.2 Å². The molecule has 17 heteroatoms. The summed E-state index contributed by atoms with van der Waals surface area (Å²) in [5.41, 5.74) is 1.54. The molecule has 10 N–H and O–H groups in total. The Labute approximate surface area is 351 Å². The van der Waals surface area contributed by atoms with Crippen molar-refractivity contribution in [1.82, 2.24) is 0 Å². The molecule has 17 nitrogen and oxygen atoms in total. The zero-order valence-corrected chi connectivity index (χ0v) is 35.2. The van der Waals surface area contributed by atoms with Crippen molar-refractivity contribution in [3.8, 4) is 0 Å². The van der Waals surface area contributed by atoms with E-state index in [9.17, 15) is 51.1 Å². The Kier molecular flexibility index (Phi) is 13.5. The molecule has 25 atom stereocenters. The van der Waals surface area contributed by atoms with Crippen LogP contribution in [0.4, 0.5) is 0 Å². The molecule has 60 heavy (non-hydrogen) atoms. The molecule has 0 bridgehead atoms. The van der Waals surface area contributed by atoms with E-state index < -0.39 is 105 Å². The Balaban J connectivity index is 0.972. The zero-order chi connectivity index (χ0) is 43.0. The molecule has 0 aromatic carbocycles. The highest BCUT2D eigenvalue weighted by atomic mass is 16.8. The predicted molar refractivity (Wildman–Crippen MR) is 207 cm³/mol. The van der Waals surface area contributed by atoms with Gasteiger partial charge in [-0.05, 0) is 112 Å². The van der Waals surface area contributed by atoms with E-state index in [0.717, 1.165) is 44.9 Å². The third-order valence-corrected chi connectivity index (χ3v) is 16.5. The second kappa shape index (κ2) is 17.8. The fourth-order valence-electron chi connectivity index (χ4n) is 12.8. The second-order valence-electron chi connectivity index (χ2n) is 20.0. The number of allylic oxidation sites excluding steroid dienone is 1. The van der Waals surface area contributed by atoms with Crippen molar-refractivity contribution in [3.63, 3.8) is 0 Å². The van der Waals surface area contributed by atoms with Crippen LogP contribution in [0.1, 0.15) is 91.9 Å². The lowest BCUT2D eigenvalue weighted by molar-refractivity contribution is -0.397. The van der Waals surface area contributed by atoms with E-state index in [-0.39, 0.29) is 23.5 Å². The van der Waals surface area contributed by atoms with E-state index in [4.69, 9.17) is 33.2 Å². The van der Waals surface area contributed by atoms with Gasteiger partial charge < -0.3 is 84.2 Å². The lowest BCUT2D eigenvalue weighted by Gasteiger charge is -2.58. The Hall–Kier alpha value is -0.940. The summed E-state index contributed by atoms with van der Waals surface area (Å²) in [4.78, 5) is 0. The van der Waals surface area contributed by atoms with Crippen LogP contribution >= 0.6 is 0 Å². The fraction of sp³-hybridized carbons (Fsp3) is 0.953. The van der Waals surface area contributed by atoms with Crippen LogP contribution in [-0.4, -0.2) is 175 Å². The molecule has 4 aliphatic heterocycles. The van der Waals surface area contributed by atoms with E-state index in [1.165, 1.54) is 18.9 Å². The van der Waals surface area contributed by atoms with Crippen LogP contribution in [0.15, 0.2) is 11.6 Å². The summed E-state index contributed by atoms with van der Waals surface area (Å²) in [5, 5.41) is 105. The normalized spacial score (nSPS) is 54.7. The fourth-order valence-corrected chi connectivity index (χ4v) is 12.8. The van der Waals surface area contributed by atoms with Gasteiger partial charge in [-0.15, -0.1) is 0 Å². The predicted octanol–water partition coefficient (Wildman–Crippen LogP) is -0.440. The van der Waals surface area contributed by atoms with E-state index in [1.54, 1.807) is 0 Å². The van der Waals surface area contributed by atoms with E-state index in [1.807, 2.05) is 0 Å². The van der Waals surface area contributed by atoms with Gasteiger partial charge in [-0.3, -0.25) is 0 Å². The molecular formula is C43H70O17. The molecule has 4 aliphatic carbocycles. The number of hydrogen-bond donors (Lipinski definition) is 10. The summed E-state index contributed by atoms with van der Waals surface area (Å²) in [6, 6.07) is 0. The smallest absolute Gasteiger partial charge is 0.189 e. The van der Waals surface area contributed by atoms with E-state index in [2.05, 4.69) is 26.8 Å². The summed E-state index contributed by atoms with van der Waals surface area (Å²) in [6.45, 7) is 7.99. The van der Waals surface area contributed by atoms with Crippen LogP contribution in [0.25, 0.3) is 0 Å². The highest BCUT2D eigenvalue weighted by Crippen LogP contribution is 2.68. The molecule has 12 unspecified atom stereocenters. The van der Waals surface area contributed by atoms with Crippen LogP contribution in [0.3, 0.4) is 0 Å². The third-order valence-electron chi connectivity index (χ3n) is 16.5. The SMILES string of the molecule is CC1O[C@@H](OC2C(O)[C@H](O[C@@H]3OC(O)[C@H](O)C(O)C3O)C(CO)O[C@H]2OC2CC[C@@]3(C)C(=CC[C@@H]4[C@@H]3CC[C@]3(C)C5C[C@@H](CC[C@@H](C)CO)OC5C[C@@H]43)C2)C(O)C(O)[C@H]1O. The third kappa shape index (κ3) is 8.07. The number of fused-ring (bicyclic) bond motifs is 7. The maximum absolute atomic E-state index is 11.9. The molecule has 4 heterocycles. The topological polar surface area (TPSA) is 267 Å². The molecule has 3 saturated carbocycles. The summed E-state index contributed by atoms with van der Waals surface area (Å²) in [5.74, 6) is 2.52. The van der Waals surface area contributed by atoms with Gasteiger partial charge in [0.25, 0.3) is 0 Å². The van der Waals surface area contributed by atoms with Crippen molar-refractivity contribution in [2.24, 2.45) is 40.4 Å². The van der Waals surface area contributed by atoms with Gasteiger partial charge in [-0.1, -0.05) is 32.4 Å². The molecule has 8 aliphatic rings. The molecular weight excluding hydrogens is 788 g/mol. The van der Waals surface area contributed by atoms with Gasteiger partial charge in [-0.25, -0.2) is 0 Å². The van der Waals surface area contributed by atoms with Crippen molar-refractivity contribution in [3.05, 3.63) is 11.6 Å². The van der Waals surface area contributed by atoms with Crippen molar-refractivity contribution in [2.45, 2.75) is 203 Å².